The summed E-state index contributed by atoms with van der Waals surface area (Å²) in [5.74, 6) is -1.21. The summed E-state index contributed by atoms with van der Waals surface area (Å²) in [6.07, 6.45) is 0.638. The maximum atomic E-state index is 14.0. The van der Waals surface area contributed by atoms with Gasteiger partial charge in [0.2, 0.25) is 5.43 Å². The fourth-order valence-corrected chi connectivity index (χ4v) is 2.30. The van der Waals surface area contributed by atoms with Gasteiger partial charge in [0.1, 0.15) is 11.5 Å². The van der Waals surface area contributed by atoms with Crippen LogP contribution < -0.4 is 10.7 Å². The van der Waals surface area contributed by atoms with Crippen LogP contribution in [0.2, 0.25) is 0 Å². The van der Waals surface area contributed by atoms with Crippen molar-refractivity contribution in [2.75, 3.05) is 6.54 Å². The standard InChI is InChI=1S/C17H20FN3O3/c1-3-6-12(22)10-19-17(24)16-15(23)9-11(2)21(20-16)14-8-5-4-7-13(14)18/h4-5,7-9,12,22H,3,6,10H2,1-2H3,(H,19,24). The number of hydrogen-bond acceptors (Lipinski definition) is 4. The second-order valence-corrected chi connectivity index (χ2v) is 5.51. The number of hydrogen-bond donors (Lipinski definition) is 2. The Bertz CT molecular complexity index is 789. The second kappa shape index (κ2) is 7.83. The highest BCUT2D eigenvalue weighted by Gasteiger charge is 2.17. The topological polar surface area (TPSA) is 84.2 Å². The largest absolute Gasteiger partial charge is 0.391 e. The molecule has 0 radical (unpaired) electrons. The molecule has 0 fully saturated rings. The molecule has 128 valence electrons. The van der Waals surface area contributed by atoms with E-state index in [2.05, 4.69) is 10.4 Å². The molecule has 1 aromatic heterocycles. The molecule has 1 unspecified atom stereocenters. The van der Waals surface area contributed by atoms with Gasteiger partial charge in [-0.2, -0.15) is 5.10 Å². The van der Waals surface area contributed by atoms with E-state index in [1.807, 2.05) is 6.92 Å². The number of carbonyl (C=O) groups excluding carboxylic acids is 1. The molecule has 1 amide bonds. The van der Waals surface area contributed by atoms with Gasteiger partial charge in [-0.25, -0.2) is 9.07 Å². The van der Waals surface area contributed by atoms with Gasteiger partial charge in [0.15, 0.2) is 5.69 Å². The minimum Gasteiger partial charge on any atom is -0.391 e. The fourth-order valence-electron chi connectivity index (χ4n) is 2.30. The van der Waals surface area contributed by atoms with Crippen LogP contribution in [0.1, 0.15) is 35.9 Å². The molecule has 0 aliphatic rings. The van der Waals surface area contributed by atoms with Crippen molar-refractivity contribution in [3.63, 3.8) is 0 Å². The minimum atomic E-state index is -0.694. The van der Waals surface area contributed by atoms with Crippen molar-refractivity contribution >= 4 is 5.91 Å². The quantitative estimate of drug-likeness (QED) is 0.840. The van der Waals surface area contributed by atoms with Crippen molar-refractivity contribution in [2.45, 2.75) is 32.8 Å². The lowest BCUT2D eigenvalue weighted by Gasteiger charge is -2.13. The monoisotopic (exact) mass is 333 g/mol. The molecule has 7 heteroatoms. The first kappa shape index (κ1) is 17.8. The predicted molar refractivity (Wildman–Crippen MR) is 87.8 cm³/mol. The number of carbonyl (C=O) groups is 1. The molecule has 2 aromatic rings. The predicted octanol–water partition coefficient (Wildman–Crippen LogP) is 1.57. The molecule has 0 aliphatic carbocycles. The van der Waals surface area contributed by atoms with Gasteiger partial charge in [-0.3, -0.25) is 9.59 Å². The normalized spacial score (nSPS) is 12.0. The zero-order valence-electron chi connectivity index (χ0n) is 13.6. The Balaban J connectivity index is 2.32. The Morgan fingerprint density at radius 1 is 1.42 bits per heavy atom. The van der Waals surface area contributed by atoms with Crippen LogP contribution in [0.5, 0.6) is 0 Å². The fraction of sp³-hybridized carbons (Fsp3) is 0.353. The van der Waals surface area contributed by atoms with Gasteiger partial charge in [0, 0.05) is 18.3 Å². The number of halogens is 1. The van der Waals surface area contributed by atoms with Crippen LogP contribution in [0, 0.1) is 12.7 Å². The van der Waals surface area contributed by atoms with E-state index in [9.17, 15) is 19.1 Å². The van der Waals surface area contributed by atoms with E-state index in [0.717, 1.165) is 6.42 Å². The van der Waals surface area contributed by atoms with E-state index < -0.39 is 23.3 Å². The molecule has 1 heterocycles. The van der Waals surface area contributed by atoms with E-state index in [1.54, 1.807) is 19.1 Å². The summed E-state index contributed by atoms with van der Waals surface area (Å²) >= 11 is 0. The smallest absolute Gasteiger partial charge is 0.275 e. The SMILES string of the molecule is CCCC(O)CNC(=O)c1nn(-c2ccccc2F)c(C)cc1=O. The third-order valence-electron chi connectivity index (χ3n) is 3.52. The Labute approximate surface area is 138 Å². The van der Waals surface area contributed by atoms with Gasteiger partial charge in [0.05, 0.1) is 6.10 Å². The lowest BCUT2D eigenvalue weighted by molar-refractivity contribution is 0.0902. The summed E-state index contributed by atoms with van der Waals surface area (Å²) in [5, 5.41) is 16.1. The highest BCUT2D eigenvalue weighted by molar-refractivity contribution is 5.92. The highest BCUT2D eigenvalue weighted by Crippen LogP contribution is 2.13. The van der Waals surface area contributed by atoms with Crippen molar-refractivity contribution in [1.29, 1.82) is 0 Å². The number of aromatic nitrogens is 2. The van der Waals surface area contributed by atoms with Crippen LogP contribution in [0.15, 0.2) is 35.1 Å². The van der Waals surface area contributed by atoms with Crippen molar-refractivity contribution in [3.8, 4) is 5.69 Å². The van der Waals surface area contributed by atoms with Crippen LogP contribution in [0.25, 0.3) is 5.69 Å². The van der Waals surface area contributed by atoms with E-state index in [4.69, 9.17) is 0 Å². The van der Waals surface area contributed by atoms with Crippen LogP contribution in [0.4, 0.5) is 4.39 Å². The van der Waals surface area contributed by atoms with Crippen molar-refractivity contribution in [1.82, 2.24) is 15.1 Å². The van der Waals surface area contributed by atoms with Crippen LogP contribution in [0.3, 0.4) is 0 Å². The van der Waals surface area contributed by atoms with Crippen LogP contribution in [-0.2, 0) is 0 Å². The zero-order valence-corrected chi connectivity index (χ0v) is 13.6. The zero-order chi connectivity index (χ0) is 17.7. The first-order valence-corrected chi connectivity index (χ1v) is 7.76. The number of aliphatic hydroxyl groups is 1. The third-order valence-corrected chi connectivity index (χ3v) is 3.52. The molecule has 24 heavy (non-hydrogen) atoms. The number of nitrogens with zero attached hydrogens (tertiary/aromatic N) is 2. The molecule has 0 spiro atoms. The molecule has 2 N–H and O–H groups in total. The number of amides is 1. The Hall–Kier alpha value is -2.54. The van der Waals surface area contributed by atoms with Gasteiger partial charge in [-0.1, -0.05) is 25.5 Å². The molecular weight excluding hydrogens is 313 g/mol. The lowest BCUT2D eigenvalue weighted by Crippen LogP contribution is -2.36. The summed E-state index contributed by atoms with van der Waals surface area (Å²) in [6, 6.07) is 7.19. The summed E-state index contributed by atoms with van der Waals surface area (Å²) in [4.78, 5) is 24.2. The van der Waals surface area contributed by atoms with Gasteiger partial charge >= 0.3 is 0 Å². The Morgan fingerprint density at radius 2 is 2.12 bits per heavy atom. The van der Waals surface area contributed by atoms with E-state index in [-0.39, 0.29) is 17.9 Å². The Kier molecular flexibility index (Phi) is 5.81. The van der Waals surface area contributed by atoms with Crippen molar-refractivity contribution < 1.29 is 14.3 Å². The minimum absolute atomic E-state index is 0.0291. The average molecular weight is 333 g/mol. The van der Waals surface area contributed by atoms with E-state index in [0.29, 0.717) is 12.1 Å². The number of para-hydroxylation sites is 1. The molecule has 0 saturated carbocycles. The van der Waals surface area contributed by atoms with Crippen LogP contribution in [-0.4, -0.2) is 33.4 Å². The van der Waals surface area contributed by atoms with Crippen molar-refractivity contribution in [3.05, 3.63) is 57.8 Å². The number of aliphatic hydroxyl groups excluding tert-OH is 1. The van der Waals surface area contributed by atoms with Gasteiger partial charge < -0.3 is 10.4 Å². The third kappa shape index (κ3) is 4.05. The second-order valence-electron chi connectivity index (χ2n) is 5.51. The lowest BCUT2D eigenvalue weighted by atomic mass is 10.2. The van der Waals surface area contributed by atoms with Crippen LogP contribution >= 0.6 is 0 Å². The molecular formula is C17H20FN3O3. The van der Waals surface area contributed by atoms with Gasteiger partial charge in [-0.15, -0.1) is 0 Å². The number of benzene rings is 1. The number of nitrogens with one attached hydrogen (secondary N) is 1. The summed E-state index contributed by atoms with van der Waals surface area (Å²) in [6.45, 7) is 3.55. The molecule has 0 saturated heterocycles. The first-order valence-electron chi connectivity index (χ1n) is 7.76. The maximum absolute atomic E-state index is 14.0. The van der Waals surface area contributed by atoms with Gasteiger partial charge in [0.25, 0.3) is 5.91 Å². The maximum Gasteiger partial charge on any atom is 0.275 e. The van der Waals surface area contributed by atoms with E-state index >= 15 is 0 Å². The molecule has 0 bridgehead atoms. The molecule has 2 rings (SSSR count). The molecule has 1 atom stereocenters. The number of rotatable bonds is 6. The average Bonchev–Trinajstić information content (AvgIpc) is 2.54. The molecule has 6 nitrogen and oxygen atoms in total. The summed E-state index contributed by atoms with van der Waals surface area (Å²) in [5.41, 5.74) is -0.335. The Morgan fingerprint density at radius 3 is 2.79 bits per heavy atom. The van der Waals surface area contributed by atoms with Gasteiger partial charge in [-0.05, 0) is 25.5 Å². The number of aryl methyl sites for hydroxylation is 1. The molecule has 1 aromatic carbocycles. The summed E-state index contributed by atoms with van der Waals surface area (Å²) < 4.78 is 15.2. The first-order chi connectivity index (χ1) is 11.4. The summed E-state index contributed by atoms with van der Waals surface area (Å²) in [7, 11) is 0. The highest BCUT2D eigenvalue weighted by atomic mass is 19.1. The molecule has 0 aliphatic heterocycles. The van der Waals surface area contributed by atoms with E-state index in [1.165, 1.54) is 22.9 Å². The van der Waals surface area contributed by atoms with Crippen molar-refractivity contribution in [2.24, 2.45) is 0 Å².